The monoisotopic (exact) mass is 208 g/mol. The third-order valence-corrected chi connectivity index (χ3v) is 2.66. The highest BCUT2D eigenvalue weighted by Gasteiger charge is 2.06. The van der Waals surface area contributed by atoms with Crippen molar-refractivity contribution >= 4 is 5.69 Å². The van der Waals surface area contributed by atoms with E-state index in [1.54, 1.807) is 6.07 Å². The summed E-state index contributed by atoms with van der Waals surface area (Å²) in [6.45, 7) is 7.05. The van der Waals surface area contributed by atoms with Gasteiger partial charge in [-0.1, -0.05) is 13.8 Å². The number of hydrogen-bond donors (Lipinski definition) is 2. The highest BCUT2D eigenvalue weighted by Crippen LogP contribution is 2.22. The first-order valence-electron chi connectivity index (χ1n) is 5.43. The quantitative estimate of drug-likeness (QED) is 0.729. The van der Waals surface area contributed by atoms with Crippen molar-refractivity contribution < 1.29 is 5.11 Å². The topological polar surface area (TPSA) is 35.5 Å². The molecule has 84 valence electrons. The van der Waals surface area contributed by atoms with Crippen molar-refractivity contribution in [2.75, 3.05) is 25.5 Å². The molecule has 0 unspecified atom stereocenters. The molecule has 0 aliphatic rings. The second-order valence-corrected chi connectivity index (χ2v) is 3.55. The molecular weight excluding hydrogens is 188 g/mol. The lowest BCUT2D eigenvalue weighted by atomic mass is 10.1. The smallest absolute Gasteiger partial charge is 0.120 e. The summed E-state index contributed by atoms with van der Waals surface area (Å²) in [6, 6.07) is 5.61. The fourth-order valence-corrected chi connectivity index (χ4v) is 1.56. The van der Waals surface area contributed by atoms with E-state index in [-0.39, 0.29) is 0 Å². The minimum atomic E-state index is 0.376. The van der Waals surface area contributed by atoms with Gasteiger partial charge in [0.15, 0.2) is 0 Å². The maximum absolute atomic E-state index is 9.72. The molecule has 0 amide bonds. The number of aromatic hydroxyl groups is 1. The van der Waals surface area contributed by atoms with Crippen molar-refractivity contribution in [2.24, 2.45) is 0 Å². The summed E-state index contributed by atoms with van der Waals surface area (Å²) in [5.74, 6) is 0.376. The van der Waals surface area contributed by atoms with Gasteiger partial charge in [0.05, 0.1) is 0 Å². The first kappa shape index (κ1) is 11.9. The fourth-order valence-electron chi connectivity index (χ4n) is 1.56. The molecule has 0 bridgehead atoms. The van der Waals surface area contributed by atoms with Gasteiger partial charge in [-0.15, -0.1) is 0 Å². The van der Waals surface area contributed by atoms with Crippen LogP contribution in [-0.2, 0) is 6.54 Å². The molecule has 1 rings (SSSR count). The van der Waals surface area contributed by atoms with Crippen LogP contribution in [-0.4, -0.2) is 30.1 Å². The van der Waals surface area contributed by atoms with Crippen molar-refractivity contribution in [1.29, 1.82) is 0 Å². The lowest BCUT2D eigenvalue weighted by molar-refractivity contribution is 0.291. The van der Waals surface area contributed by atoms with Crippen molar-refractivity contribution in [3.05, 3.63) is 23.8 Å². The van der Waals surface area contributed by atoms with Crippen molar-refractivity contribution in [1.82, 2.24) is 4.90 Å². The first-order chi connectivity index (χ1) is 7.21. The summed E-state index contributed by atoms with van der Waals surface area (Å²) in [4.78, 5) is 2.27. The Balaban J connectivity index is 2.82. The maximum atomic E-state index is 9.72. The molecule has 1 aromatic carbocycles. The van der Waals surface area contributed by atoms with E-state index in [2.05, 4.69) is 24.1 Å². The largest absolute Gasteiger partial charge is 0.508 e. The average molecular weight is 208 g/mol. The van der Waals surface area contributed by atoms with Gasteiger partial charge < -0.3 is 10.4 Å². The van der Waals surface area contributed by atoms with Crippen LogP contribution in [0.1, 0.15) is 19.4 Å². The van der Waals surface area contributed by atoms with Crippen LogP contribution < -0.4 is 5.32 Å². The lowest BCUT2D eigenvalue weighted by Crippen LogP contribution is -2.22. The molecule has 0 fully saturated rings. The minimum absolute atomic E-state index is 0.376. The van der Waals surface area contributed by atoms with Crippen LogP contribution in [0.15, 0.2) is 18.2 Å². The van der Waals surface area contributed by atoms with Gasteiger partial charge in [-0.2, -0.15) is 0 Å². The predicted molar refractivity (Wildman–Crippen MR) is 64.3 cm³/mol. The number of nitrogens with zero attached hydrogens (tertiary/aromatic N) is 1. The minimum Gasteiger partial charge on any atom is -0.508 e. The SMILES string of the molecule is CCN(CC)Cc1cc(NC)ccc1O. The van der Waals surface area contributed by atoms with Crippen LogP contribution >= 0.6 is 0 Å². The Morgan fingerprint density at radius 1 is 1.27 bits per heavy atom. The Kier molecular flexibility index (Phi) is 4.43. The molecule has 0 radical (unpaired) electrons. The second-order valence-electron chi connectivity index (χ2n) is 3.55. The van der Waals surface area contributed by atoms with Gasteiger partial charge in [0, 0.05) is 24.8 Å². The molecule has 0 aliphatic carbocycles. The molecule has 3 heteroatoms. The number of phenolic OH excluding ortho intramolecular Hbond substituents is 1. The second kappa shape index (κ2) is 5.61. The molecule has 0 saturated heterocycles. The van der Waals surface area contributed by atoms with Crippen LogP contribution in [0.2, 0.25) is 0 Å². The molecule has 0 atom stereocenters. The summed E-state index contributed by atoms with van der Waals surface area (Å²) < 4.78 is 0. The van der Waals surface area contributed by atoms with E-state index in [1.807, 2.05) is 19.2 Å². The summed E-state index contributed by atoms with van der Waals surface area (Å²) >= 11 is 0. The number of anilines is 1. The van der Waals surface area contributed by atoms with E-state index >= 15 is 0 Å². The third-order valence-electron chi connectivity index (χ3n) is 2.66. The van der Waals surface area contributed by atoms with Gasteiger partial charge in [-0.05, 0) is 31.3 Å². The van der Waals surface area contributed by atoms with Crippen molar-refractivity contribution in [2.45, 2.75) is 20.4 Å². The lowest BCUT2D eigenvalue weighted by Gasteiger charge is -2.19. The molecule has 0 aliphatic heterocycles. The Labute approximate surface area is 91.7 Å². The Bertz CT molecular complexity index is 308. The summed E-state index contributed by atoms with van der Waals surface area (Å²) in [5, 5.41) is 12.8. The highest BCUT2D eigenvalue weighted by atomic mass is 16.3. The number of rotatable bonds is 5. The van der Waals surface area contributed by atoms with E-state index < -0.39 is 0 Å². The Morgan fingerprint density at radius 2 is 1.93 bits per heavy atom. The standard InChI is InChI=1S/C12H20N2O/c1-4-14(5-2)9-10-8-11(13-3)6-7-12(10)15/h6-8,13,15H,4-5,9H2,1-3H3. The van der Waals surface area contributed by atoms with E-state index in [4.69, 9.17) is 0 Å². The van der Waals surface area contributed by atoms with E-state index in [9.17, 15) is 5.11 Å². The van der Waals surface area contributed by atoms with Gasteiger partial charge in [-0.3, -0.25) is 4.90 Å². The van der Waals surface area contributed by atoms with Gasteiger partial charge in [0.1, 0.15) is 5.75 Å². The summed E-state index contributed by atoms with van der Waals surface area (Å²) in [7, 11) is 1.88. The van der Waals surface area contributed by atoms with E-state index in [0.717, 1.165) is 30.9 Å². The normalized spacial score (nSPS) is 10.7. The maximum Gasteiger partial charge on any atom is 0.120 e. The van der Waals surface area contributed by atoms with Crippen molar-refractivity contribution in [3.63, 3.8) is 0 Å². The highest BCUT2D eigenvalue weighted by molar-refractivity contribution is 5.50. The molecular formula is C12H20N2O. The average Bonchev–Trinajstić information content (AvgIpc) is 2.28. The van der Waals surface area contributed by atoms with Crippen LogP contribution in [0.5, 0.6) is 5.75 Å². The fraction of sp³-hybridized carbons (Fsp3) is 0.500. The summed E-state index contributed by atoms with van der Waals surface area (Å²) in [5.41, 5.74) is 2.01. The van der Waals surface area contributed by atoms with Crippen LogP contribution in [0.25, 0.3) is 0 Å². The molecule has 0 saturated carbocycles. The number of phenols is 1. The molecule has 0 heterocycles. The Morgan fingerprint density at radius 3 is 2.47 bits per heavy atom. The van der Waals surface area contributed by atoms with Gasteiger partial charge in [0.2, 0.25) is 0 Å². The van der Waals surface area contributed by atoms with Crippen LogP contribution in [0, 0.1) is 0 Å². The predicted octanol–water partition coefficient (Wildman–Crippen LogP) is 2.28. The zero-order valence-electron chi connectivity index (χ0n) is 9.75. The number of hydrogen-bond acceptors (Lipinski definition) is 3. The molecule has 3 nitrogen and oxygen atoms in total. The van der Waals surface area contributed by atoms with Gasteiger partial charge >= 0.3 is 0 Å². The number of benzene rings is 1. The third kappa shape index (κ3) is 3.13. The van der Waals surface area contributed by atoms with Gasteiger partial charge in [0.25, 0.3) is 0 Å². The molecule has 0 aromatic heterocycles. The van der Waals surface area contributed by atoms with E-state index in [0.29, 0.717) is 5.75 Å². The molecule has 15 heavy (non-hydrogen) atoms. The van der Waals surface area contributed by atoms with Gasteiger partial charge in [-0.25, -0.2) is 0 Å². The van der Waals surface area contributed by atoms with Crippen LogP contribution in [0.4, 0.5) is 5.69 Å². The zero-order chi connectivity index (χ0) is 11.3. The Hall–Kier alpha value is -1.22. The van der Waals surface area contributed by atoms with E-state index in [1.165, 1.54) is 0 Å². The van der Waals surface area contributed by atoms with Crippen molar-refractivity contribution in [3.8, 4) is 5.75 Å². The number of nitrogens with one attached hydrogen (secondary N) is 1. The molecule has 1 aromatic rings. The first-order valence-corrected chi connectivity index (χ1v) is 5.43. The molecule has 0 spiro atoms. The molecule has 2 N–H and O–H groups in total. The summed E-state index contributed by atoms with van der Waals surface area (Å²) in [6.07, 6.45) is 0. The van der Waals surface area contributed by atoms with Crippen LogP contribution in [0.3, 0.4) is 0 Å². The zero-order valence-corrected chi connectivity index (χ0v) is 9.75.